The number of fused-ring (bicyclic) bond motifs is 7. The summed E-state index contributed by atoms with van der Waals surface area (Å²) in [5.74, 6) is 3.11. The fourth-order valence-electron chi connectivity index (χ4n) is 5.56. The summed E-state index contributed by atoms with van der Waals surface area (Å²) < 4.78 is 13.5. The van der Waals surface area contributed by atoms with Crippen molar-refractivity contribution >= 4 is 5.70 Å². The Bertz CT molecular complexity index is 1750. The molecule has 1 unspecified atom stereocenters. The van der Waals surface area contributed by atoms with Crippen LogP contribution in [0.2, 0.25) is 0 Å². The molecule has 4 aromatic carbocycles. The summed E-state index contributed by atoms with van der Waals surface area (Å²) in [5, 5.41) is 0. The molecule has 38 heavy (non-hydrogen) atoms. The summed E-state index contributed by atoms with van der Waals surface area (Å²) in [7, 11) is 0. The largest absolute Gasteiger partial charge is 0.456 e. The third-order valence-corrected chi connectivity index (χ3v) is 7.64. The van der Waals surface area contributed by atoms with Crippen LogP contribution in [0.4, 0.5) is 0 Å². The lowest BCUT2D eigenvalue weighted by molar-refractivity contribution is 0.179. The lowest BCUT2D eigenvalue weighted by Gasteiger charge is -2.50. The van der Waals surface area contributed by atoms with Gasteiger partial charge in [-0.25, -0.2) is 0 Å². The first-order valence-corrected chi connectivity index (χ1v) is 12.9. The Kier molecular flexibility index (Phi) is 4.64. The van der Waals surface area contributed by atoms with Gasteiger partial charge in [-0.15, -0.1) is 0 Å². The van der Waals surface area contributed by atoms with E-state index in [1.807, 2.05) is 42.5 Å². The summed E-state index contributed by atoms with van der Waals surface area (Å²) >= 11 is 0. The maximum absolute atomic E-state index is 6.76. The number of hydrogen-bond acceptors (Lipinski definition) is 5. The van der Waals surface area contributed by atoms with E-state index in [-0.39, 0.29) is 0 Å². The molecule has 8 rings (SSSR count). The first-order valence-electron chi connectivity index (χ1n) is 12.9. The highest BCUT2D eigenvalue weighted by Crippen LogP contribution is 2.49. The van der Waals surface area contributed by atoms with Crippen molar-refractivity contribution < 1.29 is 9.47 Å². The van der Waals surface area contributed by atoms with Gasteiger partial charge in [0.25, 0.3) is 0 Å². The monoisotopic (exact) mass is 493 g/mol. The second-order valence-electron chi connectivity index (χ2n) is 9.81. The average molecular weight is 494 g/mol. The van der Waals surface area contributed by atoms with Crippen molar-refractivity contribution in [3.05, 3.63) is 115 Å². The molecular formula is C33H23N3O2. The van der Waals surface area contributed by atoms with Gasteiger partial charge < -0.3 is 14.4 Å². The molecule has 0 saturated carbocycles. The van der Waals surface area contributed by atoms with Gasteiger partial charge >= 0.3 is 0 Å². The molecule has 1 fully saturated rings. The van der Waals surface area contributed by atoms with Crippen molar-refractivity contribution in [3.8, 4) is 56.5 Å². The number of ether oxygens (including phenoxy) is 2. The van der Waals surface area contributed by atoms with Gasteiger partial charge in [-0.05, 0) is 48.9 Å². The molecule has 0 aliphatic carbocycles. The number of aromatic nitrogens is 2. The van der Waals surface area contributed by atoms with Crippen LogP contribution >= 0.6 is 0 Å². The van der Waals surface area contributed by atoms with Gasteiger partial charge in [0.05, 0.1) is 17.9 Å². The highest BCUT2D eigenvalue weighted by Gasteiger charge is 2.37. The fourth-order valence-corrected chi connectivity index (χ4v) is 5.56. The van der Waals surface area contributed by atoms with Crippen LogP contribution in [0.1, 0.15) is 12.0 Å². The molecule has 0 amide bonds. The molecule has 3 aliphatic rings. The van der Waals surface area contributed by atoms with Gasteiger partial charge in [-0.2, -0.15) is 0 Å². The van der Waals surface area contributed by atoms with E-state index in [4.69, 9.17) is 9.47 Å². The molecule has 5 aromatic rings. The Morgan fingerprint density at radius 2 is 1.29 bits per heavy atom. The van der Waals surface area contributed by atoms with E-state index in [1.165, 1.54) is 17.7 Å². The molecule has 1 atom stereocenters. The highest BCUT2D eigenvalue weighted by atomic mass is 16.5. The number of hydrogen-bond donors (Lipinski definition) is 0. The van der Waals surface area contributed by atoms with Crippen molar-refractivity contribution in [2.24, 2.45) is 0 Å². The lowest BCUT2D eigenvalue weighted by atomic mass is 9.88. The Morgan fingerprint density at radius 3 is 1.87 bits per heavy atom. The average Bonchev–Trinajstić information content (AvgIpc) is 2.96. The lowest BCUT2D eigenvalue weighted by Crippen LogP contribution is -2.51. The zero-order valence-electron chi connectivity index (χ0n) is 20.5. The predicted octanol–water partition coefficient (Wildman–Crippen LogP) is 7.80. The van der Waals surface area contributed by atoms with E-state index in [0.717, 1.165) is 63.1 Å². The Balaban J connectivity index is 1.36. The van der Waals surface area contributed by atoms with Gasteiger partial charge in [-0.1, -0.05) is 48.5 Å². The van der Waals surface area contributed by atoms with Crippen LogP contribution in [0.3, 0.4) is 0 Å². The third kappa shape index (κ3) is 3.32. The number of benzene rings is 4. The summed E-state index contributed by atoms with van der Waals surface area (Å²) in [6.07, 6.45) is 8.76. The smallest absolute Gasteiger partial charge is 0.136 e. The van der Waals surface area contributed by atoms with Crippen LogP contribution in [0.15, 0.2) is 110 Å². The first-order chi connectivity index (χ1) is 18.8. The standard InChI is InChI=1S/C33H23N3O2/c1-3-7-30-24(5-1)25-6-2-4-8-31(25)38-33-18-22(29-19-23-13-16-36(23)29)10-12-27(33)26-11-9-21(17-32(26)37-30)28-20-34-14-15-35-28/h1-12,14-15,17-20,23H,13,16H2. The molecular weight excluding hydrogens is 470 g/mol. The maximum Gasteiger partial charge on any atom is 0.136 e. The Hall–Kier alpha value is -4.90. The number of para-hydroxylation sites is 2. The normalized spacial score (nSPS) is 16.5. The van der Waals surface area contributed by atoms with Crippen LogP contribution < -0.4 is 9.47 Å². The fraction of sp³-hybridized carbons (Fsp3) is 0.0909. The summed E-state index contributed by atoms with van der Waals surface area (Å²) in [4.78, 5) is 11.2. The van der Waals surface area contributed by atoms with Crippen molar-refractivity contribution in [1.29, 1.82) is 0 Å². The predicted molar refractivity (Wildman–Crippen MR) is 148 cm³/mol. The van der Waals surface area contributed by atoms with Gasteiger partial charge in [-0.3, -0.25) is 9.97 Å². The van der Waals surface area contributed by atoms with Crippen molar-refractivity contribution in [3.63, 3.8) is 0 Å². The molecule has 0 N–H and O–H groups in total. The van der Waals surface area contributed by atoms with Crippen LogP contribution in [0, 0.1) is 0 Å². The van der Waals surface area contributed by atoms with Gasteiger partial charge in [0.15, 0.2) is 0 Å². The Labute approximate surface area is 220 Å². The van der Waals surface area contributed by atoms with E-state index >= 15 is 0 Å². The minimum atomic E-state index is 0.602. The van der Waals surface area contributed by atoms with Crippen LogP contribution in [0.25, 0.3) is 39.2 Å². The van der Waals surface area contributed by atoms with E-state index in [9.17, 15) is 0 Å². The minimum absolute atomic E-state index is 0.602. The topological polar surface area (TPSA) is 47.5 Å². The number of nitrogens with zero attached hydrogens (tertiary/aromatic N) is 3. The van der Waals surface area contributed by atoms with Crippen molar-refractivity contribution in [1.82, 2.24) is 14.9 Å². The maximum atomic E-state index is 6.76. The molecule has 3 aliphatic heterocycles. The van der Waals surface area contributed by atoms with E-state index in [1.54, 1.807) is 18.6 Å². The molecule has 182 valence electrons. The van der Waals surface area contributed by atoms with Crippen molar-refractivity contribution in [2.75, 3.05) is 6.54 Å². The first kappa shape index (κ1) is 21.2. The summed E-state index contributed by atoms with van der Waals surface area (Å²) in [5.41, 5.74) is 8.09. The van der Waals surface area contributed by atoms with E-state index < -0.39 is 0 Å². The molecule has 0 spiro atoms. The molecule has 5 nitrogen and oxygen atoms in total. The van der Waals surface area contributed by atoms with Crippen LogP contribution in [-0.2, 0) is 0 Å². The van der Waals surface area contributed by atoms with Gasteiger partial charge in [0, 0.05) is 58.0 Å². The molecule has 1 saturated heterocycles. The van der Waals surface area contributed by atoms with Gasteiger partial charge in [0.1, 0.15) is 23.0 Å². The zero-order chi connectivity index (χ0) is 25.1. The molecule has 0 bridgehead atoms. The second kappa shape index (κ2) is 8.32. The minimum Gasteiger partial charge on any atom is -0.456 e. The Morgan fingerprint density at radius 1 is 0.658 bits per heavy atom. The molecule has 5 heteroatoms. The van der Waals surface area contributed by atoms with Gasteiger partial charge in [0.2, 0.25) is 0 Å². The van der Waals surface area contributed by atoms with E-state index in [0.29, 0.717) is 6.04 Å². The van der Waals surface area contributed by atoms with Crippen molar-refractivity contribution in [2.45, 2.75) is 12.5 Å². The second-order valence-corrected chi connectivity index (χ2v) is 9.81. The van der Waals surface area contributed by atoms with E-state index in [2.05, 4.69) is 63.4 Å². The SMILES string of the molecule is C1=C(c2ccc3c(c2)Oc2ccccc2-c2ccccc2Oc2cc(-c4cnccn4)ccc2-3)N2CCC12. The quantitative estimate of drug-likeness (QED) is 0.246. The molecule has 0 radical (unpaired) electrons. The molecule has 4 heterocycles. The zero-order valence-corrected chi connectivity index (χ0v) is 20.5. The third-order valence-electron chi connectivity index (χ3n) is 7.64. The highest BCUT2D eigenvalue weighted by molar-refractivity contribution is 5.85. The van der Waals surface area contributed by atoms with Crippen LogP contribution in [-0.4, -0.2) is 27.5 Å². The number of rotatable bonds is 2. The summed E-state index contributed by atoms with van der Waals surface area (Å²) in [6.45, 7) is 1.12. The summed E-state index contributed by atoms with van der Waals surface area (Å²) in [6, 6.07) is 29.6. The molecule has 1 aromatic heterocycles. The van der Waals surface area contributed by atoms with Crippen LogP contribution in [0.5, 0.6) is 23.0 Å².